The summed E-state index contributed by atoms with van der Waals surface area (Å²) in [6.45, 7) is 1.57. The molecule has 4 nitrogen and oxygen atoms in total. The van der Waals surface area contributed by atoms with E-state index in [2.05, 4.69) is 16.0 Å². The number of hydrogen-bond donors (Lipinski definition) is 2. The number of carboxylic acids is 1. The Kier molecular flexibility index (Phi) is 3.79. The highest BCUT2D eigenvalue weighted by Gasteiger charge is 2.03. The van der Waals surface area contributed by atoms with E-state index in [1.165, 1.54) is 5.69 Å². The molecule has 0 aliphatic rings. The van der Waals surface area contributed by atoms with Gasteiger partial charge in [-0.15, -0.1) is 0 Å². The fraction of sp³-hybridized carbons (Fsp3) is 0.214. The van der Waals surface area contributed by atoms with Gasteiger partial charge in [-0.25, -0.2) is 4.79 Å². The summed E-state index contributed by atoms with van der Waals surface area (Å²) in [6, 6.07) is 11.1. The molecule has 2 rings (SSSR count). The van der Waals surface area contributed by atoms with Crippen LogP contribution in [-0.4, -0.2) is 22.7 Å². The molecule has 18 heavy (non-hydrogen) atoms. The van der Waals surface area contributed by atoms with Gasteiger partial charge in [0.15, 0.2) is 0 Å². The average Bonchev–Trinajstić information content (AvgIpc) is 2.78. The third kappa shape index (κ3) is 2.78. The minimum absolute atomic E-state index is 0.321. The Morgan fingerprint density at radius 1 is 1.28 bits per heavy atom. The first kappa shape index (κ1) is 12.4. The molecule has 0 spiro atoms. The quantitative estimate of drug-likeness (QED) is 0.845. The lowest BCUT2D eigenvalue weighted by Gasteiger charge is -2.09. The van der Waals surface area contributed by atoms with E-state index in [9.17, 15) is 4.79 Å². The smallest absolute Gasteiger partial charge is 0.335 e. The van der Waals surface area contributed by atoms with Crippen molar-refractivity contribution in [2.75, 3.05) is 7.05 Å². The molecule has 94 valence electrons. The lowest BCUT2D eigenvalue weighted by atomic mass is 10.1. The molecule has 0 amide bonds. The molecule has 0 saturated carbocycles. The van der Waals surface area contributed by atoms with Crippen LogP contribution in [0.2, 0.25) is 0 Å². The Labute approximate surface area is 106 Å². The van der Waals surface area contributed by atoms with Crippen LogP contribution in [0.3, 0.4) is 0 Å². The van der Waals surface area contributed by atoms with Crippen LogP contribution in [0.25, 0.3) is 0 Å². The van der Waals surface area contributed by atoms with Gasteiger partial charge < -0.3 is 15.0 Å². The molecule has 2 N–H and O–H groups in total. The van der Waals surface area contributed by atoms with Crippen molar-refractivity contribution in [3.05, 3.63) is 59.4 Å². The van der Waals surface area contributed by atoms with Crippen molar-refractivity contribution in [2.45, 2.75) is 13.1 Å². The van der Waals surface area contributed by atoms with E-state index in [0.717, 1.165) is 18.7 Å². The van der Waals surface area contributed by atoms with Crippen molar-refractivity contribution >= 4 is 5.97 Å². The molecule has 0 aliphatic carbocycles. The zero-order valence-electron chi connectivity index (χ0n) is 10.3. The summed E-state index contributed by atoms with van der Waals surface area (Å²) in [6.07, 6.45) is 2.03. The summed E-state index contributed by atoms with van der Waals surface area (Å²) in [5, 5.41) is 12.0. The molecule has 1 heterocycles. The Balaban J connectivity index is 2.13. The van der Waals surface area contributed by atoms with Crippen molar-refractivity contribution < 1.29 is 9.90 Å². The van der Waals surface area contributed by atoms with E-state index >= 15 is 0 Å². The molecule has 0 aliphatic heterocycles. The number of nitrogens with one attached hydrogen (secondary N) is 1. The van der Waals surface area contributed by atoms with Gasteiger partial charge in [-0.3, -0.25) is 0 Å². The summed E-state index contributed by atoms with van der Waals surface area (Å²) in [5.74, 6) is -0.890. The Bertz CT molecular complexity index is 529. The molecular formula is C14H16N2O2. The summed E-state index contributed by atoms with van der Waals surface area (Å²) >= 11 is 0. The van der Waals surface area contributed by atoms with Crippen LogP contribution in [0.15, 0.2) is 42.6 Å². The summed E-state index contributed by atoms with van der Waals surface area (Å²) in [5.41, 5.74) is 2.62. The molecule has 0 radical (unpaired) electrons. The second kappa shape index (κ2) is 5.51. The van der Waals surface area contributed by atoms with Crippen LogP contribution in [0.5, 0.6) is 0 Å². The van der Waals surface area contributed by atoms with Crippen LogP contribution >= 0.6 is 0 Å². The van der Waals surface area contributed by atoms with Gasteiger partial charge >= 0.3 is 5.97 Å². The summed E-state index contributed by atoms with van der Waals surface area (Å²) in [4.78, 5) is 10.8. The number of aromatic carboxylic acids is 1. The van der Waals surface area contributed by atoms with Gasteiger partial charge in [0.1, 0.15) is 0 Å². The van der Waals surface area contributed by atoms with Crippen molar-refractivity contribution in [2.24, 2.45) is 0 Å². The fourth-order valence-electron chi connectivity index (χ4n) is 1.89. The monoisotopic (exact) mass is 244 g/mol. The lowest BCUT2D eigenvalue weighted by molar-refractivity contribution is 0.0697. The molecule has 0 atom stereocenters. The van der Waals surface area contributed by atoms with E-state index in [-0.39, 0.29) is 0 Å². The minimum Gasteiger partial charge on any atom is -0.478 e. The SMILES string of the molecule is CNCc1cccn1Cc1ccc(C(=O)O)cc1. The third-order valence-electron chi connectivity index (χ3n) is 2.84. The van der Waals surface area contributed by atoms with Crippen LogP contribution in [0, 0.1) is 0 Å². The topological polar surface area (TPSA) is 54.3 Å². The zero-order valence-corrected chi connectivity index (χ0v) is 10.3. The fourth-order valence-corrected chi connectivity index (χ4v) is 1.89. The molecule has 2 aromatic rings. The molecule has 0 fully saturated rings. The summed E-state index contributed by atoms with van der Waals surface area (Å²) < 4.78 is 2.15. The van der Waals surface area contributed by atoms with Gasteiger partial charge in [0.2, 0.25) is 0 Å². The van der Waals surface area contributed by atoms with E-state index in [0.29, 0.717) is 5.56 Å². The van der Waals surface area contributed by atoms with Crippen molar-refractivity contribution in [3.63, 3.8) is 0 Å². The van der Waals surface area contributed by atoms with Gasteiger partial charge in [0.05, 0.1) is 5.56 Å². The van der Waals surface area contributed by atoms with Crippen LogP contribution in [-0.2, 0) is 13.1 Å². The van der Waals surface area contributed by atoms with Crippen molar-refractivity contribution in [1.82, 2.24) is 9.88 Å². The number of rotatable bonds is 5. The van der Waals surface area contributed by atoms with Crippen molar-refractivity contribution in [1.29, 1.82) is 0 Å². The highest BCUT2D eigenvalue weighted by atomic mass is 16.4. The Hall–Kier alpha value is -2.07. The number of carboxylic acid groups (broad SMARTS) is 1. The first-order chi connectivity index (χ1) is 8.70. The lowest BCUT2D eigenvalue weighted by Crippen LogP contribution is -2.11. The highest BCUT2D eigenvalue weighted by molar-refractivity contribution is 5.87. The van der Waals surface area contributed by atoms with E-state index in [1.54, 1.807) is 12.1 Å². The van der Waals surface area contributed by atoms with Gasteiger partial charge in [0.25, 0.3) is 0 Å². The maximum absolute atomic E-state index is 10.8. The maximum atomic E-state index is 10.8. The number of carbonyl (C=O) groups is 1. The molecule has 0 bridgehead atoms. The normalized spacial score (nSPS) is 10.5. The van der Waals surface area contributed by atoms with Crippen LogP contribution < -0.4 is 5.32 Å². The highest BCUT2D eigenvalue weighted by Crippen LogP contribution is 2.09. The van der Waals surface area contributed by atoms with Crippen LogP contribution in [0.1, 0.15) is 21.6 Å². The zero-order chi connectivity index (χ0) is 13.0. The van der Waals surface area contributed by atoms with Gasteiger partial charge in [0, 0.05) is 25.0 Å². The first-order valence-electron chi connectivity index (χ1n) is 5.81. The predicted molar refractivity (Wildman–Crippen MR) is 69.7 cm³/mol. The Morgan fingerprint density at radius 2 is 2.00 bits per heavy atom. The van der Waals surface area contributed by atoms with E-state index < -0.39 is 5.97 Å². The largest absolute Gasteiger partial charge is 0.478 e. The van der Waals surface area contributed by atoms with Crippen molar-refractivity contribution in [3.8, 4) is 0 Å². The first-order valence-corrected chi connectivity index (χ1v) is 5.81. The standard InChI is InChI=1S/C14H16N2O2/c1-15-9-13-3-2-8-16(13)10-11-4-6-12(7-5-11)14(17)18/h2-8,15H,9-10H2,1H3,(H,17,18). The second-order valence-electron chi connectivity index (χ2n) is 4.16. The average molecular weight is 244 g/mol. The van der Waals surface area contributed by atoms with Gasteiger partial charge in [-0.1, -0.05) is 12.1 Å². The Morgan fingerprint density at radius 3 is 2.61 bits per heavy atom. The molecule has 4 heteroatoms. The van der Waals surface area contributed by atoms with Crippen LogP contribution in [0.4, 0.5) is 0 Å². The molecule has 0 unspecified atom stereocenters. The molecule has 0 saturated heterocycles. The van der Waals surface area contributed by atoms with Gasteiger partial charge in [-0.2, -0.15) is 0 Å². The second-order valence-corrected chi connectivity index (χ2v) is 4.16. The number of benzene rings is 1. The predicted octanol–water partition coefficient (Wildman–Crippen LogP) is 1.95. The maximum Gasteiger partial charge on any atom is 0.335 e. The number of nitrogens with zero attached hydrogens (tertiary/aromatic N) is 1. The number of hydrogen-bond acceptors (Lipinski definition) is 2. The van der Waals surface area contributed by atoms with E-state index in [4.69, 9.17) is 5.11 Å². The van der Waals surface area contributed by atoms with E-state index in [1.807, 2.05) is 31.4 Å². The molecular weight excluding hydrogens is 228 g/mol. The van der Waals surface area contributed by atoms with Gasteiger partial charge in [-0.05, 0) is 36.9 Å². The third-order valence-corrected chi connectivity index (χ3v) is 2.84. The minimum atomic E-state index is -0.890. The molecule has 1 aromatic heterocycles. The number of aromatic nitrogens is 1. The summed E-state index contributed by atoms with van der Waals surface area (Å²) in [7, 11) is 1.92. The molecule has 1 aromatic carbocycles.